The van der Waals surface area contributed by atoms with E-state index in [9.17, 15) is 4.79 Å². The minimum atomic E-state index is 0.240. The standard InChI is InChI=1S/C14H22O2/c1-13(2)9-4-5-14(13,3)12(6-9)16-11-7-10(15)8-11/h9,11-12H,4-8H2,1-3H3. The van der Waals surface area contributed by atoms with Crippen LogP contribution in [0.5, 0.6) is 0 Å². The summed E-state index contributed by atoms with van der Waals surface area (Å²) in [5.74, 6) is 1.20. The molecule has 0 heterocycles. The third-order valence-electron chi connectivity index (χ3n) is 5.98. The van der Waals surface area contributed by atoms with Crippen molar-refractivity contribution in [3.63, 3.8) is 0 Å². The Balaban J connectivity index is 1.72. The highest BCUT2D eigenvalue weighted by molar-refractivity contribution is 5.85. The first kappa shape index (κ1) is 10.8. The van der Waals surface area contributed by atoms with E-state index in [1.807, 2.05) is 0 Å². The van der Waals surface area contributed by atoms with Gasteiger partial charge in [0.05, 0.1) is 12.2 Å². The van der Waals surface area contributed by atoms with Crippen LogP contribution < -0.4 is 0 Å². The lowest BCUT2D eigenvalue weighted by Crippen LogP contribution is -2.42. The zero-order valence-electron chi connectivity index (χ0n) is 10.6. The van der Waals surface area contributed by atoms with Crippen molar-refractivity contribution in [1.82, 2.24) is 0 Å². The second-order valence-corrected chi connectivity index (χ2v) is 6.80. The number of hydrogen-bond acceptors (Lipinski definition) is 2. The number of Topliss-reactive ketones (excluding diaryl/α,β-unsaturated/α-hetero) is 1. The van der Waals surface area contributed by atoms with Gasteiger partial charge in [-0.15, -0.1) is 0 Å². The molecule has 2 bridgehead atoms. The van der Waals surface area contributed by atoms with Gasteiger partial charge in [0.1, 0.15) is 5.78 Å². The molecule has 3 aliphatic carbocycles. The second-order valence-electron chi connectivity index (χ2n) is 6.80. The summed E-state index contributed by atoms with van der Waals surface area (Å²) in [7, 11) is 0. The highest BCUT2D eigenvalue weighted by Gasteiger charge is 2.62. The van der Waals surface area contributed by atoms with Crippen molar-refractivity contribution in [3.05, 3.63) is 0 Å². The highest BCUT2D eigenvalue weighted by atomic mass is 16.5. The summed E-state index contributed by atoms with van der Waals surface area (Å²) in [4.78, 5) is 11.0. The average molecular weight is 222 g/mol. The van der Waals surface area contributed by atoms with E-state index in [0.29, 0.717) is 35.6 Å². The molecule has 2 heteroatoms. The Bertz CT molecular complexity index is 326. The SMILES string of the molecule is CC1(C)C2CCC1(C)C(OC1CC(=O)C1)C2. The summed E-state index contributed by atoms with van der Waals surface area (Å²) in [6, 6.07) is 0. The molecule has 3 aliphatic rings. The van der Waals surface area contributed by atoms with Crippen LogP contribution in [-0.4, -0.2) is 18.0 Å². The summed E-state index contributed by atoms with van der Waals surface area (Å²) in [6.07, 6.45) is 5.86. The van der Waals surface area contributed by atoms with E-state index < -0.39 is 0 Å². The molecule has 3 saturated carbocycles. The van der Waals surface area contributed by atoms with Crippen molar-refractivity contribution in [2.75, 3.05) is 0 Å². The van der Waals surface area contributed by atoms with E-state index in [1.165, 1.54) is 19.3 Å². The summed E-state index contributed by atoms with van der Waals surface area (Å²) < 4.78 is 6.17. The lowest BCUT2D eigenvalue weighted by Gasteiger charge is -2.41. The van der Waals surface area contributed by atoms with Crippen LogP contribution in [0.25, 0.3) is 0 Å². The summed E-state index contributed by atoms with van der Waals surface area (Å²) in [6.45, 7) is 7.20. The molecule has 0 radical (unpaired) electrons. The van der Waals surface area contributed by atoms with Crippen molar-refractivity contribution in [2.24, 2.45) is 16.7 Å². The van der Waals surface area contributed by atoms with Crippen molar-refractivity contribution in [3.8, 4) is 0 Å². The number of carbonyl (C=O) groups is 1. The average Bonchev–Trinajstić information content (AvgIpc) is 2.48. The van der Waals surface area contributed by atoms with Gasteiger partial charge in [0.15, 0.2) is 0 Å². The van der Waals surface area contributed by atoms with Gasteiger partial charge in [0.2, 0.25) is 0 Å². The minimum absolute atomic E-state index is 0.240. The third-order valence-corrected chi connectivity index (χ3v) is 5.98. The Labute approximate surface area is 97.7 Å². The first-order chi connectivity index (χ1) is 7.43. The minimum Gasteiger partial charge on any atom is -0.373 e. The van der Waals surface area contributed by atoms with Crippen LogP contribution in [-0.2, 0) is 9.53 Å². The molecule has 0 N–H and O–H groups in total. The van der Waals surface area contributed by atoms with E-state index >= 15 is 0 Å². The first-order valence-electron chi connectivity index (χ1n) is 6.60. The maximum Gasteiger partial charge on any atom is 0.138 e. The van der Waals surface area contributed by atoms with Crippen molar-refractivity contribution in [1.29, 1.82) is 0 Å². The Kier molecular flexibility index (Phi) is 2.08. The number of fused-ring (bicyclic) bond motifs is 2. The van der Waals surface area contributed by atoms with Gasteiger partial charge in [-0.3, -0.25) is 4.79 Å². The molecular weight excluding hydrogens is 200 g/mol. The predicted octanol–water partition coefficient (Wildman–Crippen LogP) is 2.95. The third kappa shape index (κ3) is 1.20. The smallest absolute Gasteiger partial charge is 0.138 e. The van der Waals surface area contributed by atoms with Crippen LogP contribution in [0.15, 0.2) is 0 Å². The van der Waals surface area contributed by atoms with Gasteiger partial charge in [0, 0.05) is 12.8 Å². The van der Waals surface area contributed by atoms with Gasteiger partial charge in [-0.1, -0.05) is 20.8 Å². The van der Waals surface area contributed by atoms with Gasteiger partial charge in [-0.2, -0.15) is 0 Å². The molecule has 2 nitrogen and oxygen atoms in total. The van der Waals surface area contributed by atoms with E-state index in [0.717, 1.165) is 5.92 Å². The maximum absolute atomic E-state index is 11.0. The number of rotatable bonds is 2. The van der Waals surface area contributed by atoms with E-state index in [2.05, 4.69) is 20.8 Å². The molecule has 16 heavy (non-hydrogen) atoms. The monoisotopic (exact) mass is 222 g/mol. The van der Waals surface area contributed by atoms with Gasteiger partial charge >= 0.3 is 0 Å². The number of ether oxygens (including phenoxy) is 1. The predicted molar refractivity (Wildman–Crippen MR) is 62.1 cm³/mol. The number of hydrogen-bond donors (Lipinski definition) is 0. The van der Waals surface area contributed by atoms with Crippen LogP contribution in [0.1, 0.15) is 52.9 Å². The Morgan fingerprint density at radius 2 is 1.94 bits per heavy atom. The molecule has 3 fully saturated rings. The van der Waals surface area contributed by atoms with Gasteiger partial charge in [0.25, 0.3) is 0 Å². The van der Waals surface area contributed by atoms with E-state index in [-0.39, 0.29) is 6.10 Å². The van der Waals surface area contributed by atoms with Crippen molar-refractivity contribution >= 4 is 5.78 Å². The first-order valence-corrected chi connectivity index (χ1v) is 6.60. The van der Waals surface area contributed by atoms with Gasteiger partial charge < -0.3 is 4.74 Å². The Morgan fingerprint density at radius 3 is 2.38 bits per heavy atom. The van der Waals surface area contributed by atoms with Crippen molar-refractivity contribution in [2.45, 2.75) is 65.1 Å². The van der Waals surface area contributed by atoms with Crippen LogP contribution in [0.4, 0.5) is 0 Å². The molecule has 0 aromatic carbocycles. The number of ketones is 1. The summed E-state index contributed by atoms with van der Waals surface area (Å²) in [5, 5.41) is 0. The zero-order chi connectivity index (χ0) is 11.6. The molecule has 3 atom stereocenters. The van der Waals surface area contributed by atoms with Crippen LogP contribution in [0, 0.1) is 16.7 Å². The van der Waals surface area contributed by atoms with Gasteiger partial charge in [-0.25, -0.2) is 0 Å². The normalized spacial score (nSPS) is 46.1. The van der Waals surface area contributed by atoms with Crippen molar-refractivity contribution < 1.29 is 9.53 Å². The Morgan fingerprint density at radius 1 is 1.25 bits per heavy atom. The van der Waals surface area contributed by atoms with E-state index in [4.69, 9.17) is 4.74 Å². The Hall–Kier alpha value is -0.370. The fraction of sp³-hybridized carbons (Fsp3) is 0.929. The molecular formula is C14H22O2. The summed E-state index contributed by atoms with van der Waals surface area (Å²) in [5.41, 5.74) is 0.766. The second kappa shape index (κ2) is 3.10. The number of carbonyl (C=O) groups excluding carboxylic acids is 1. The fourth-order valence-corrected chi connectivity index (χ4v) is 4.11. The molecule has 90 valence electrons. The highest BCUT2D eigenvalue weighted by Crippen LogP contribution is 2.66. The van der Waals surface area contributed by atoms with E-state index in [1.54, 1.807) is 0 Å². The fourth-order valence-electron chi connectivity index (χ4n) is 4.11. The topological polar surface area (TPSA) is 26.3 Å². The quantitative estimate of drug-likeness (QED) is 0.718. The summed E-state index contributed by atoms with van der Waals surface area (Å²) >= 11 is 0. The molecule has 0 saturated heterocycles. The molecule has 0 aliphatic heterocycles. The molecule has 3 rings (SSSR count). The van der Waals surface area contributed by atoms with Crippen LogP contribution >= 0.6 is 0 Å². The molecule has 0 spiro atoms. The lowest BCUT2D eigenvalue weighted by atomic mass is 9.70. The lowest BCUT2D eigenvalue weighted by molar-refractivity contribution is -0.147. The largest absolute Gasteiger partial charge is 0.373 e. The molecule has 0 amide bonds. The molecule has 3 unspecified atom stereocenters. The van der Waals surface area contributed by atoms with Crippen LogP contribution in [0.2, 0.25) is 0 Å². The molecule has 0 aromatic heterocycles. The molecule has 0 aromatic rings. The zero-order valence-corrected chi connectivity index (χ0v) is 10.6. The van der Waals surface area contributed by atoms with Crippen LogP contribution in [0.3, 0.4) is 0 Å². The maximum atomic E-state index is 11.0. The van der Waals surface area contributed by atoms with Gasteiger partial charge in [-0.05, 0) is 36.0 Å².